The number of halogens is 1. The van der Waals surface area contributed by atoms with Crippen molar-refractivity contribution in [3.63, 3.8) is 0 Å². The number of sulfone groups is 1. The molecule has 1 aromatic carbocycles. The van der Waals surface area contributed by atoms with Crippen LogP contribution in [-0.2, 0) is 9.84 Å². The minimum Gasteiger partial charge on any atom is -0.256 e. The van der Waals surface area contributed by atoms with Gasteiger partial charge >= 0.3 is 0 Å². The Morgan fingerprint density at radius 3 is 2.59 bits per heavy atom. The van der Waals surface area contributed by atoms with Gasteiger partial charge in [-0.25, -0.2) is 8.42 Å². The van der Waals surface area contributed by atoms with E-state index < -0.39 is 9.84 Å². The topological polar surface area (TPSA) is 47.0 Å². The molecule has 0 atom stereocenters. The van der Waals surface area contributed by atoms with Gasteiger partial charge in [0.25, 0.3) is 0 Å². The summed E-state index contributed by atoms with van der Waals surface area (Å²) in [5, 5.41) is 0.592. The van der Waals surface area contributed by atoms with E-state index >= 15 is 0 Å². The maximum absolute atomic E-state index is 11.4. The average Bonchev–Trinajstić information content (AvgIpc) is 2.28. The maximum atomic E-state index is 11.4. The Morgan fingerprint density at radius 2 is 1.94 bits per heavy atom. The molecule has 0 fully saturated rings. The summed E-state index contributed by atoms with van der Waals surface area (Å²) in [5.74, 6) is 0. The molecule has 3 nitrogen and oxygen atoms in total. The summed E-state index contributed by atoms with van der Waals surface area (Å²) in [6.07, 6.45) is 2.65. The van der Waals surface area contributed by atoms with Gasteiger partial charge in [-0.3, -0.25) is 4.98 Å². The summed E-state index contributed by atoms with van der Waals surface area (Å²) in [6.45, 7) is 0. The lowest BCUT2D eigenvalue weighted by Gasteiger charge is -2.03. The number of nitrogens with zero attached hydrogens (tertiary/aromatic N) is 1. The van der Waals surface area contributed by atoms with Gasteiger partial charge in [-0.05, 0) is 24.3 Å². The van der Waals surface area contributed by atoms with Crippen molar-refractivity contribution in [2.75, 3.05) is 6.26 Å². The van der Waals surface area contributed by atoms with E-state index in [1.807, 2.05) is 6.07 Å². The first kappa shape index (κ1) is 12.1. The molecule has 1 heterocycles. The SMILES string of the molecule is CS(=O)(=O)c1ccnc(-c2cccc(Cl)c2)c1. The zero-order valence-corrected chi connectivity index (χ0v) is 10.7. The Kier molecular flexibility index (Phi) is 3.17. The largest absolute Gasteiger partial charge is 0.256 e. The van der Waals surface area contributed by atoms with Crippen molar-refractivity contribution in [1.29, 1.82) is 0 Å². The van der Waals surface area contributed by atoms with E-state index in [0.717, 1.165) is 5.56 Å². The number of hydrogen-bond donors (Lipinski definition) is 0. The van der Waals surface area contributed by atoms with Gasteiger partial charge in [0, 0.05) is 23.0 Å². The molecule has 0 radical (unpaired) electrons. The summed E-state index contributed by atoms with van der Waals surface area (Å²) >= 11 is 5.88. The van der Waals surface area contributed by atoms with Crippen molar-refractivity contribution in [2.24, 2.45) is 0 Å². The highest BCUT2D eigenvalue weighted by Gasteiger charge is 2.09. The number of aromatic nitrogens is 1. The highest BCUT2D eigenvalue weighted by Crippen LogP contribution is 2.22. The fraction of sp³-hybridized carbons (Fsp3) is 0.0833. The van der Waals surface area contributed by atoms with Crippen LogP contribution in [0.3, 0.4) is 0 Å². The van der Waals surface area contributed by atoms with Crippen LogP contribution in [0.4, 0.5) is 0 Å². The van der Waals surface area contributed by atoms with Gasteiger partial charge in [-0.1, -0.05) is 23.7 Å². The smallest absolute Gasteiger partial charge is 0.175 e. The minimum absolute atomic E-state index is 0.252. The third-order valence-electron chi connectivity index (χ3n) is 2.28. The summed E-state index contributed by atoms with van der Waals surface area (Å²) in [6, 6.07) is 10.2. The molecule has 2 aromatic rings. The molecule has 0 unspecified atom stereocenters. The van der Waals surface area contributed by atoms with Crippen LogP contribution in [0.15, 0.2) is 47.5 Å². The number of benzene rings is 1. The van der Waals surface area contributed by atoms with Crippen LogP contribution in [0.5, 0.6) is 0 Å². The Morgan fingerprint density at radius 1 is 1.18 bits per heavy atom. The summed E-state index contributed by atoms with van der Waals surface area (Å²) in [7, 11) is -3.22. The van der Waals surface area contributed by atoms with Crippen LogP contribution in [0, 0.1) is 0 Å². The zero-order valence-electron chi connectivity index (χ0n) is 9.09. The second-order valence-corrected chi connectivity index (χ2v) is 6.11. The fourth-order valence-electron chi connectivity index (χ4n) is 1.45. The Labute approximate surface area is 105 Å². The highest BCUT2D eigenvalue weighted by molar-refractivity contribution is 7.90. The second kappa shape index (κ2) is 4.47. The standard InChI is InChI=1S/C12H10ClNO2S/c1-17(15,16)11-5-6-14-12(8-11)9-3-2-4-10(13)7-9/h2-8H,1H3. The van der Waals surface area contributed by atoms with Crippen LogP contribution in [0.25, 0.3) is 11.3 Å². The second-order valence-electron chi connectivity index (χ2n) is 3.66. The predicted molar refractivity (Wildman–Crippen MR) is 67.8 cm³/mol. The first-order chi connectivity index (χ1) is 7.97. The lowest BCUT2D eigenvalue weighted by atomic mass is 10.1. The van der Waals surface area contributed by atoms with E-state index in [1.165, 1.54) is 18.5 Å². The molecular formula is C12H10ClNO2S. The van der Waals surface area contributed by atoms with Crippen molar-refractivity contribution in [2.45, 2.75) is 4.90 Å². The van der Waals surface area contributed by atoms with Crippen LogP contribution in [0.2, 0.25) is 5.02 Å². The molecule has 0 N–H and O–H groups in total. The number of pyridine rings is 1. The average molecular weight is 268 g/mol. The van der Waals surface area contributed by atoms with Gasteiger partial charge in [0.1, 0.15) is 0 Å². The maximum Gasteiger partial charge on any atom is 0.175 e. The molecule has 0 saturated heterocycles. The van der Waals surface area contributed by atoms with Gasteiger partial charge in [0.15, 0.2) is 9.84 Å². The molecule has 1 aromatic heterocycles. The Hall–Kier alpha value is -1.39. The van der Waals surface area contributed by atoms with Crippen molar-refractivity contribution in [3.05, 3.63) is 47.6 Å². The molecule has 0 aliphatic rings. The van der Waals surface area contributed by atoms with Crippen LogP contribution in [0.1, 0.15) is 0 Å². The molecular weight excluding hydrogens is 258 g/mol. The molecule has 88 valence electrons. The van der Waals surface area contributed by atoms with Crippen LogP contribution < -0.4 is 0 Å². The van der Waals surface area contributed by atoms with Crippen LogP contribution >= 0.6 is 11.6 Å². The molecule has 0 amide bonds. The monoisotopic (exact) mass is 267 g/mol. The molecule has 0 bridgehead atoms. The van der Waals surface area contributed by atoms with Gasteiger partial charge in [-0.2, -0.15) is 0 Å². The van der Waals surface area contributed by atoms with E-state index in [2.05, 4.69) is 4.98 Å². The summed E-state index contributed by atoms with van der Waals surface area (Å²) < 4.78 is 22.9. The van der Waals surface area contributed by atoms with Crippen molar-refractivity contribution in [3.8, 4) is 11.3 Å². The van der Waals surface area contributed by atoms with Gasteiger partial charge in [0.05, 0.1) is 10.6 Å². The first-order valence-corrected chi connectivity index (χ1v) is 7.16. The molecule has 0 aliphatic heterocycles. The molecule has 17 heavy (non-hydrogen) atoms. The van der Waals surface area contributed by atoms with E-state index in [-0.39, 0.29) is 4.90 Å². The molecule has 5 heteroatoms. The van der Waals surface area contributed by atoms with Gasteiger partial charge < -0.3 is 0 Å². The van der Waals surface area contributed by atoms with E-state index in [0.29, 0.717) is 10.7 Å². The quantitative estimate of drug-likeness (QED) is 0.841. The number of rotatable bonds is 2. The molecule has 2 rings (SSSR count). The molecule has 0 spiro atoms. The third kappa shape index (κ3) is 2.84. The zero-order chi connectivity index (χ0) is 12.5. The minimum atomic E-state index is -3.22. The molecule has 0 aliphatic carbocycles. The lowest BCUT2D eigenvalue weighted by molar-refractivity contribution is 0.602. The van der Waals surface area contributed by atoms with Gasteiger partial charge in [-0.15, -0.1) is 0 Å². The molecule has 0 saturated carbocycles. The van der Waals surface area contributed by atoms with E-state index in [4.69, 9.17) is 11.6 Å². The number of hydrogen-bond acceptors (Lipinski definition) is 3. The van der Waals surface area contributed by atoms with Crippen molar-refractivity contribution < 1.29 is 8.42 Å². The van der Waals surface area contributed by atoms with E-state index in [9.17, 15) is 8.42 Å². The lowest BCUT2D eigenvalue weighted by Crippen LogP contribution is -1.97. The summed E-state index contributed by atoms with van der Waals surface area (Å²) in [5.41, 5.74) is 1.39. The normalized spacial score (nSPS) is 11.4. The fourth-order valence-corrected chi connectivity index (χ4v) is 2.27. The van der Waals surface area contributed by atoms with E-state index in [1.54, 1.807) is 24.3 Å². The first-order valence-electron chi connectivity index (χ1n) is 4.89. The van der Waals surface area contributed by atoms with Crippen LogP contribution in [-0.4, -0.2) is 19.7 Å². The summed E-state index contributed by atoms with van der Waals surface area (Å²) in [4.78, 5) is 4.39. The predicted octanol–water partition coefficient (Wildman–Crippen LogP) is 2.81. The third-order valence-corrected chi connectivity index (χ3v) is 3.63. The highest BCUT2D eigenvalue weighted by atomic mass is 35.5. The van der Waals surface area contributed by atoms with Crippen molar-refractivity contribution in [1.82, 2.24) is 4.98 Å². The Balaban J connectivity index is 2.54. The van der Waals surface area contributed by atoms with Crippen molar-refractivity contribution >= 4 is 21.4 Å². The van der Waals surface area contributed by atoms with Gasteiger partial charge in [0.2, 0.25) is 0 Å². The Bertz CT molecular complexity index is 653.